The van der Waals surface area contributed by atoms with Gasteiger partial charge in [-0.1, -0.05) is 0 Å². The lowest BCUT2D eigenvalue weighted by Gasteiger charge is -2.40. The van der Waals surface area contributed by atoms with Gasteiger partial charge in [-0.2, -0.15) is 0 Å². The highest BCUT2D eigenvalue weighted by molar-refractivity contribution is 5.89. The molecule has 1 N–H and O–H groups in total. The van der Waals surface area contributed by atoms with Gasteiger partial charge in [0.1, 0.15) is 6.61 Å². The number of aromatic nitrogens is 1. The van der Waals surface area contributed by atoms with Crippen LogP contribution in [-0.4, -0.2) is 36.7 Å². The Balaban J connectivity index is 1.56. The molecule has 3 heterocycles. The molecule has 4 nitrogen and oxygen atoms in total. The third-order valence-electron chi connectivity index (χ3n) is 4.77. The average molecular weight is 275 g/mol. The topological polar surface area (TPSA) is 43.6 Å². The molecule has 2 saturated heterocycles. The maximum Gasteiger partial charge on any atom is 0.338 e. The Bertz CT molecular complexity index is 447. The first-order valence-electron chi connectivity index (χ1n) is 7.76. The Morgan fingerprint density at radius 2 is 2.00 bits per heavy atom. The molecule has 0 amide bonds. The van der Waals surface area contributed by atoms with Gasteiger partial charge in [-0.25, -0.2) is 4.79 Å². The molecular formula is C16H23N2O2+. The van der Waals surface area contributed by atoms with Crippen molar-refractivity contribution < 1.29 is 14.4 Å². The van der Waals surface area contributed by atoms with Gasteiger partial charge in [0.15, 0.2) is 0 Å². The second-order valence-corrected chi connectivity index (χ2v) is 6.00. The van der Waals surface area contributed by atoms with Crippen molar-refractivity contribution in [1.82, 2.24) is 4.98 Å². The van der Waals surface area contributed by atoms with Crippen molar-refractivity contribution >= 4 is 5.97 Å². The molecule has 4 heteroatoms. The number of fused-ring (bicyclic) bond motifs is 1. The maximum atomic E-state index is 12.0. The van der Waals surface area contributed by atoms with E-state index in [0.717, 1.165) is 0 Å². The highest BCUT2D eigenvalue weighted by Crippen LogP contribution is 2.21. The molecule has 2 fully saturated rings. The molecule has 1 aromatic rings. The van der Waals surface area contributed by atoms with E-state index in [-0.39, 0.29) is 5.97 Å². The van der Waals surface area contributed by atoms with Gasteiger partial charge in [0.05, 0.1) is 24.7 Å². The quantitative estimate of drug-likeness (QED) is 0.840. The van der Waals surface area contributed by atoms with Crippen molar-refractivity contribution in [3.05, 3.63) is 30.1 Å². The highest BCUT2D eigenvalue weighted by Gasteiger charge is 2.37. The van der Waals surface area contributed by atoms with Crippen molar-refractivity contribution in [2.45, 2.75) is 38.1 Å². The van der Waals surface area contributed by atoms with E-state index in [0.29, 0.717) is 24.1 Å². The number of ether oxygens (including phenoxy) is 1. The molecule has 0 aromatic carbocycles. The third kappa shape index (κ3) is 3.01. The molecule has 0 saturated carbocycles. The molecule has 3 rings (SSSR count). The summed E-state index contributed by atoms with van der Waals surface area (Å²) in [6.07, 6.45) is 9.72. The zero-order valence-electron chi connectivity index (χ0n) is 11.9. The molecular weight excluding hydrogens is 252 g/mol. The normalized spacial score (nSPS) is 29.5. The number of esters is 1. The van der Waals surface area contributed by atoms with Crippen LogP contribution in [0.1, 0.15) is 42.5 Å². The minimum atomic E-state index is -0.213. The third-order valence-corrected chi connectivity index (χ3v) is 4.77. The Hall–Kier alpha value is -1.42. The van der Waals surface area contributed by atoms with Crippen molar-refractivity contribution in [3.63, 3.8) is 0 Å². The van der Waals surface area contributed by atoms with E-state index >= 15 is 0 Å². The predicted molar refractivity (Wildman–Crippen MR) is 75.6 cm³/mol. The Morgan fingerprint density at radius 1 is 1.20 bits per heavy atom. The van der Waals surface area contributed by atoms with Crippen LogP contribution in [-0.2, 0) is 4.74 Å². The minimum Gasteiger partial charge on any atom is -0.462 e. The first kappa shape index (κ1) is 13.6. The van der Waals surface area contributed by atoms with Crippen LogP contribution in [0.4, 0.5) is 0 Å². The zero-order chi connectivity index (χ0) is 13.8. The van der Waals surface area contributed by atoms with Crippen molar-refractivity contribution in [1.29, 1.82) is 0 Å². The number of hydrogen-bond acceptors (Lipinski definition) is 3. The number of pyridine rings is 1. The smallest absolute Gasteiger partial charge is 0.338 e. The number of piperidine rings is 2. The highest BCUT2D eigenvalue weighted by atomic mass is 16.5. The van der Waals surface area contributed by atoms with Crippen LogP contribution in [0.15, 0.2) is 24.5 Å². The summed E-state index contributed by atoms with van der Waals surface area (Å²) >= 11 is 0. The molecule has 20 heavy (non-hydrogen) atoms. The maximum absolute atomic E-state index is 12.0. The largest absolute Gasteiger partial charge is 0.462 e. The summed E-state index contributed by atoms with van der Waals surface area (Å²) in [6.45, 7) is 3.19. The molecule has 0 aliphatic carbocycles. The second-order valence-electron chi connectivity index (χ2n) is 6.00. The lowest BCUT2D eigenvalue weighted by Crippen LogP contribution is -3.18. The summed E-state index contributed by atoms with van der Waals surface area (Å²) in [7, 11) is 0. The lowest BCUT2D eigenvalue weighted by atomic mass is 9.84. The standard InChI is InChI=1S/C16H22N2O2/c19-16(13-6-8-17-9-7-13)20-12-14-4-3-11-18-10-2-1-5-15(14)18/h6-9,14-15H,1-5,10-12H2/p+1/t14-,15+/m1/s1. The molecule has 3 atom stereocenters. The summed E-state index contributed by atoms with van der Waals surface area (Å²) in [5, 5.41) is 0. The fourth-order valence-corrected chi connectivity index (χ4v) is 3.73. The zero-order valence-corrected chi connectivity index (χ0v) is 11.9. The van der Waals surface area contributed by atoms with Gasteiger partial charge in [-0.15, -0.1) is 0 Å². The number of nitrogens with zero attached hydrogens (tertiary/aromatic N) is 1. The van der Waals surface area contributed by atoms with Crippen LogP contribution in [0.3, 0.4) is 0 Å². The van der Waals surface area contributed by atoms with E-state index in [2.05, 4.69) is 4.98 Å². The van der Waals surface area contributed by atoms with Crippen molar-refractivity contribution in [3.8, 4) is 0 Å². The second kappa shape index (κ2) is 6.35. The van der Waals surface area contributed by atoms with Crippen LogP contribution < -0.4 is 4.90 Å². The summed E-state index contributed by atoms with van der Waals surface area (Å²) in [5.41, 5.74) is 0.601. The summed E-state index contributed by atoms with van der Waals surface area (Å²) < 4.78 is 5.54. The minimum absolute atomic E-state index is 0.213. The number of carbonyl (C=O) groups is 1. The van der Waals surface area contributed by atoms with Crippen molar-refractivity contribution in [2.75, 3.05) is 19.7 Å². The SMILES string of the molecule is O=C(OC[C@H]1CCC[NH+]2CCCC[C@@H]12)c1ccncc1. The van der Waals surface area contributed by atoms with Gasteiger partial charge in [-0.05, 0) is 44.2 Å². The number of nitrogens with one attached hydrogen (secondary N) is 1. The van der Waals surface area contributed by atoms with Crippen LogP contribution in [0, 0.1) is 5.92 Å². The molecule has 1 aromatic heterocycles. The molecule has 2 aliphatic rings. The van der Waals surface area contributed by atoms with E-state index in [4.69, 9.17) is 4.74 Å². The monoisotopic (exact) mass is 275 g/mol. The fraction of sp³-hybridized carbons (Fsp3) is 0.625. The van der Waals surface area contributed by atoms with Crippen LogP contribution in [0.5, 0.6) is 0 Å². The Morgan fingerprint density at radius 3 is 2.85 bits per heavy atom. The summed E-state index contributed by atoms with van der Waals surface area (Å²) in [5.74, 6) is 0.333. The Kier molecular flexibility index (Phi) is 4.31. The first-order valence-corrected chi connectivity index (χ1v) is 7.76. The van der Waals surface area contributed by atoms with Gasteiger partial charge in [0, 0.05) is 18.3 Å². The number of hydrogen-bond donors (Lipinski definition) is 1. The molecule has 0 radical (unpaired) electrons. The Labute approximate surface area is 120 Å². The van der Waals surface area contributed by atoms with E-state index in [1.807, 2.05) is 0 Å². The lowest BCUT2D eigenvalue weighted by molar-refractivity contribution is -0.940. The number of carbonyl (C=O) groups excluding carboxylic acids is 1. The summed E-state index contributed by atoms with van der Waals surface area (Å²) in [4.78, 5) is 17.7. The van der Waals surface area contributed by atoms with Gasteiger partial charge < -0.3 is 9.64 Å². The number of quaternary nitrogens is 1. The van der Waals surface area contributed by atoms with Crippen LogP contribution >= 0.6 is 0 Å². The average Bonchev–Trinajstić information content (AvgIpc) is 2.53. The molecule has 2 aliphatic heterocycles. The predicted octanol–water partition coefficient (Wildman–Crippen LogP) is 1.09. The van der Waals surface area contributed by atoms with Crippen LogP contribution in [0.25, 0.3) is 0 Å². The van der Waals surface area contributed by atoms with E-state index in [1.165, 1.54) is 45.2 Å². The van der Waals surface area contributed by atoms with Crippen molar-refractivity contribution in [2.24, 2.45) is 5.92 Å². The molecule has 1 unspecified atom stereocenters. The van der Waals surface area contributed by atoms with E-state index in [1.54, 1.807) is 29.4 Å². The summed E-state index contributed by atoms with van der Waals surface area (Å²) in [6, 6.07) is 4.13. The number of rotatable bonds is 3. The fourth-order valence-electron chi connectivity index (χ4n) is 3.73. The van der Waals surface area contributed by atoms with Gasteiger partial charge in [0.2, 0.25) is 0 Å². The molecule has 108 valence electrons. The van der Waals surface area contributed by atoms with E-state index in [9.17, 15) is 4.79 Å². The van der Waals surface area contributed by atoms with Gasteiger partial charge in [0.25, 0.3) is 0 Å². The van der Waals surface area contributed by atoms with E-state index < -0.39 is 0 Å². The molecule has 0 spiro atoms. The van der Waals surface area contributed by atoms with Crippen LogP contribution in [0.2, 0.25) is 0 Å². The van der Waals surface area contributed by atoms with Gasteiger partial charge in [-0.3, -0.25) is 4.98 Å². The van der Waals surface area contributed by atoms with Gasteiger partial charge >= 0.3 is 5.97 Å². The molecule has 0 bridgehead atoms. The first-order chi connectivity index (χ1) is 9.84.